The number of rotatable bonds is 3. The Labute approximate surface area is 140 Å². The number of fused-ring (bicyclic) bond motifs is 1. The Morgan fingerprint density at radius 3 is 2.83 bits per heavy atom. The summed E-state index contributed by atoms with van der Waals surface area (Å²) in [6.07, 6.45) is 1.44. The molecule has 5 nitrogen and oxygen atoms in total. The number of likely N-dealkylation sites (tertiary alicyclic amines) is 1. The summed E-state index contributed by atoms with van der Waals surface area (Å²) in [5.74, 6) is -0.817. The molecular formula is C19H18N2O3. The van der Waals surface area contributed by atoms with Crippen LogP contribution in [0, 0.1) is 17.2 Å². The van der Waals surface area contributed by atoms with E-state index in [1.807, 2.05) is 42.5 Å². The molecule has 1 amide bonds. The number of amides is 1. The molecule has 0 aromatic heterocycles. The van der Waals surface area contributed by atoms with Crippen molar-refractivity contribution in [3.63, 3.8) is 0 Å². The van der Waals surface area contributed by atoms with Gasteiger partial charge in [0.2, 0.25) is 0 Å². The summed E-state index contributed by atoms with van der Waals surface area (Å²) in [6, 6.07) is 15.2. The van der Waals surface area contributed by atoms with Crippen LogP contribution in [-0.4, -0.2) is 36.5 Å². The average molecular weight is 322 g/mol. The van der Waals surface area contributed by atoms with Crippen LogP contribution in [0.4, 0.5) is 0 Å². The van der Waals surface area contributed by atoms with Crippen molar-refractivity contribution in [1.29, 1.82) is 5.26 Å². The first-order valence-electron chi connectivity index (χ1n) is 8.01. The molecule has 24 heavy (non-hydrogen) atoms. The van der Waals surface area contributed by atoms with Crippen LogP contribution < -0.4 is 0 Å². The second kappa shape index (κ2) is 7.14. The fraction of sp³-hybridized carbons (Fsp3) is 0.316. The van der Waals surface area contributed by atoms with Crippen LogP contribution in [0.5, 0.6) is 0 Å². The molecule has 1 saturated heterocycles. The molecule has 0 radical (unpaired) electrons. The molecule has 2 aromatic rings. The maximum atomic E-state index is 12.9. The Morgan fingerprint density at radius 1 is 1.21 bits per heavy atom. The van der Waals surface area contributed by atoms with E-state index in [9.17, 15) is 9.59 Å². The smallest absolute Gasteiger partial charge is 0.311 e. The molecule has 1 fully saturated rings. The average Bonchev–Trinajstić information content (AvgIpc) is 2.65. The van der Waals surface area contributed by atoms with Crippen molar-refractivity contribution in [1.82, 2.24) is 4.90 Å². The second-order valence-corrected chi connectivity index (χ2v) is 5.88. The van der Waals surface area contributed by atoms with Gasteiger partial charge in [-0.15, -0.1) is 0 Å². The first kappa shape index (κ1) is 16.0. The number of hydrogen-bond acceptors (Lipinski definition) is 4. The summed E-state index contributed by atoms with van der Waals surface area (Å²) in [5, 5.41) is 10.4. The van der Waals surface area contributed by atoms with E-state index in [0.717, 1.165) is 17.2 Å². The first-order valence-corrected chi connectivity index (χ1v) is 8.01. The molecule has 122 valence electrons. The molecular weight excluding hydrogens is 304 g/mol. The highest BCUT2D eigenvalue weighted by Gasteiger charge is 2.30. The standard InChI is InChI=1S/C19H18N2O3/c20-10-12-24-19(23)15-7-4-11-21(13-15)18(22)17-9-3-6-14-5-1-2-8-16(14)17/h1-3,5-6,8-9,15H,4,7,11-13H2. The van der Waals surface area contributed by atoms with Crippen molar-refractivity contribution in [2.75, 3.05) is 19.7 Å². The molecule has 1 aliphatic heterocycles. The largest absolute Gasteiger partial charge is 0.450 e. The number of hydrogen-bond donors (Lipinski definition) is 0. The van der Waals surface area contributed by atoms with Gasteiger partial charge < -0.3 is 9.64 Å². The number of carbonyl (C=O) groups excluding carboxylic acids is 2. The Bertz CT molecular complexity index is 804. The van der Waals surface area contributed by atoms with Gasteiger partial charge in [0.15, 0.2) is 6.61 Å². The number of carbonyl (C=O) groups is 2. The van der Waals surface area contributed by atoms with Gasteiger partial charge in [-0.1, -0.05) is 36.4 Å². The zero-order chi connectivity index (χ0) is 16.9. The first-order chi connectivity index (χ1) is 11.7. The molecule has 0 saturated carbocycles. The van der Waals surface area contributed by atoms with Gasteiger partial charge in [0.25, 0.3) is 5.91 Å². The van der Waals surface area contributed by atoms with E-state index in [2.05, 4.69) is 0 Å². The normalized spacial score (nSPS) is 17.3. The zero-order valence-corrected chi connectivity index (χ0v) is 13.3. The van der Waals surface area contributed by atoms with Gasteiger partial charge in [0, 0.05) is 18.7 Å². The van der Waals surface area contributed by atoms with Gasteiger partial charge >= 0.3 is 5.97 Å². The van der Waals surface area contributed by atoms with Gasteiger partial charge in [0.1, 0.15) is 6.07 Å². The van der Waals surface area contributed by atoms with Gasteiger partial charge in [0.05, 0.1) is 5.92 Å². The van der Waals surface area contributed by atoms with Crippen LogP contribution >= 0.6 is 0 Å². The zero-order valence-electron chi connectivity index (χ0n) is 13.3. The van der Waals surface area contributed by atoms with E-state index in [4.69, 9.17) is 10.00 Å². The third-order valence-electron chi connectivity index (χ3n) is 4.34. The lowest BCUT2D eigenvalue weighted by Gasteiger charge is -2.31. The monoisotopic (exact) mass is 322 g/mol. The molecule has 1 atom stereocenters. The fourth-order valence-corrected chi connectivity index (χ4v) is 3.16. The number of nitriles is 1. The van der Waals surface area contributed by atoms with Crippen molar-refractivity contribution >= 4 is 22.6 Å². The van der Waals surface area contributed by atoms with Gasteiger partial charge in [-0.3, -0.25) is 9.59 Å². The van der Waals surface area contributed by atoms with Crippen molar-refractivity contribution in [3.8, 4) is 6.07 Å². The molecule has 0 bridgehead atoms. The minimum Gasteiger partial charge on any atom is -0.450 e. The summed E-state index contributed by atoms with van der Waals surface area (Å²) in [6.45, 7) is 0.725. The third-order valence-corrected chi connectivity index (χ3v) is 4.34. The van der Waals surface area contributed by atoms with Gasteiger partial charge in [-0.2, -0.15) is 5.26 Å². The molecule has 3 rings (SSSR count). The molecule has 2 aromatic carbocycles. The van der Waals surface area contributed by atoms with Crippen LogP contribution in [0.3, 0.4) is 0 Å². The van der Waals surface area contributed by atoms with Crippen LogP contribution in [0.2, 0.25) is 0 Å². The maximum Gasteiger partial charge on any atom is 0.311 e. The molecule has 1 heterocycles. The van der Waals surface area contributed by atoms with Crippen LogP contribution in [-0.2, 0) is 9.53 Å². The Balaban J connectivity index is 1.79. The molecule has 1 unspecified atom stereocenters. The predicted molar refractivity (Wildman–Crippen MR) is 89.1 cm³/mol. The summed E-state index contributed by atoms with van der Waals surface area (Å²) in [4.78, 5) is 26.6. The van der Waals surface area contributed by atoms with Crippen molar-refractivity contribution in [2.45, 2.75) is 12.8 Å². The Kier molecular flexibility index (Phi) is 4.76. The van der Waals surface area contributed by atoms with Gasteiger partial charge in [-0.25, -0.2) is 0 Å². The Hall–Kier alpha value is -2.87. The lowest BCUT2D eigenvalue weighted by atomic mass is 9.96. The number of ether oxygens (including phenoxy) is 1. The third kappa shape index (κ3) is 3.23. The van der Waals surface area contributed by atoms with E-state index in [-0.39, 0.29) is 18.4 Å². The Morgan fingerprint density at radius 2 is 2.00 bits per heavy atom. The van der Waals surface area contributed by atoms with E-state index in [1.54, 1.807) is 11.0 Å². The summed E-state index contributed by atoms with van der Waals surface area (Å²) < 4.78 is 4.90. The fourth-order valence-electron chi connectivity index (χ4n) is 3.16. The minimum absolute atomic E-state index is 0.0652. The van der Waals surface area contributed by atoms with Crippen molar-refractivity contribution in [2.24, 2.45) is 5.92 Å². The van der Waals surface area contributed by atoms with E-state index in [1.165, 1.54) is 0 Å². The number of piperidine rings is 1. The molecule has 0 spiro atoms. The quantitative estimate of drug-likeness (QED) is 0.815. The highest BCUT2D eigenvalue weighted by atomic mass is 16.5. The minimum atomic E-state index is -0.396. The molecule has 5 heteroatoms. The number of esters is 1. The van der Waals surface area contributed by atoms with E-state index < -0.39 is 5.97 Å². The van der Waals surface area contributed by atoms with E-state index in [0.29, 0.717) is 25.1 Å². The number of nitrogens with zero attached hydrogens (tertiary/aromatic N) is 2. The lowest BCUT2D eigenvalue weighted by Crippen LogP contribution is -2.42. The van der Waals surface area contributed by atoms with Crippen molar-refractivity contribution < 1.29 is 14.3 Å². The van der Waals surface area contributed by atoms with Crippen molar-refractivity contribution in [3.05, 3.63) is 48.0 Å². The van der Waals surface area contributed by atoms with Crippen LogP contribution in [0.25, 0.3) is 10.8 Å². The summed E-state index contributed by atoms with van der Waals surface area (Å²) in [5.41, 5.74) is 0.652. The van der Waals surface area contributed by atoms with Crippen LogP contribution in [0.1, 0.15) is 23.2 Å². The van der Waals surface area contributed by atoms with Gasteiger partial charge in [-0.05, 0) is 29.7 Å². The molecule has 0 N–H and O–H groups in total. The summed E-state index contributed by atoms with van der Waals surface area (Å²) >= 11 is 0. The maximum absolute atomic E-state index is 12.9. The summed E-state index contributed by atoms with van der Waals surface area (Å²) in [7, 11) is 0. The topological polar surface area (TPSA) is 70.4 Å². The van der Waals surface area contributed by atoms with E-state index >= 15 is 0 Å². The van der Waals surface area contributed by atoms with Crippen LogP contribution in [0.15, 0.2) is 42.5 Å². The second-order valence-electron chi connectivity index (χ2n) is 5.88. The molecule has 1 aliphatic rings. The highest BCUT2D eigenvalue weighted by molar-refractivity contribution is 6.07. The predicted octanol–water partition coefficient (Wildman–Crippen LogP) is 2.76. The SMILES string of the molecule is N#CCOC(=O)C1CCCN(C(=O)c2cccc3ccccc23)C1. The highest BCUT2D eigenvalue weighted by Crippen LogP contribution is 2.24. The number of benzene rings is 2. The lowest BCUT2D eigenvalue weighted by molar-refractivity contribution is -0.148. The molecule has 0 aliphatic carbocycles.